The van der Waals surface area contributed by atoms with E-state index in [2.05, 4.69) is 5.16 Å². The summed E-state index contributed by atoms with van der Waals surface area (Å²) in [6.45, 7) is 0.0379. The zero-order valence-corrected chi connectivity index (χ0v) is 8.92. The molecule has 2 heterocycles. The van der Waals surface area contributed by atoms with E-state index in [1.807, 2.05) is 11.8 Å². The number of aromatic nitrogens is 1. The molecule has 0 bridgehead atoms. The van der Waals surface area contributed by atoms with E-state index in [0.717, 1.165) is 17.7 Å². The minimum Gasteiger partial charge on any atom is -0.391 e. The topological polar surface area (TPSA) is 46.3 Å². The lowest BCUT2D eigenvalue weighted by Gasteiger charge is -2.19. The van der Waals surface area contributed by atoms with E-state index in [0.29, 0.717) is 5.25 Å². The maximum atomic E-state index is 9.03. The van der Waals surface area contributed by atoms with Gasteiger partial charge in [0.05, 0.1) is 12.8 Å². The lowest BCUT2D eigenvalue weighted by Crippen LogP contribution is -2.12. The van der Waals surface area contributed by atoms with Crippen molar-refractivity contribution < 1.29 is 9.63 Å². The molecular weight excluding hydrogens is 198 g/mol. The molecule has 1 aromatic heterocycles. The first-order valence-electron chi connectivity index (χ1n) is 5.05. The van der Waals surface area contributed by atoms with Crippen molar-refractivity contribution in [3.8, 4) is 0 Å². The third kappa shape index (κ3) is 2.30. The Bertz CT molecular complexity index is 281. The number of hydrogen-bond donors (Lipinski definition) is 1. The van der Waals surface area contributed by atoms with E-state index in [4.69, 9.17) is 9.63 Å². The summed E-state index contributed by atoms with van der Waals surface area (Å²) < 4.78 is 5.13. The Morgan fingerprint density at radius 2 is 2.50 bits per heavy atom. The predicted octanol–water partition coefficient (Wildman–Crippen LogP) is 2.00. The molecule has 1 unspecified atom stereocenters. The molecule has 0 spiro atoms. The normalized spacial score (nSPS) is 22.5. The molecule has 1 aromatic rings. The van der Waals surface area contributed by atoms with Crippen molar-refractivity contribution in [2.75, 3.05) is 5.75 Å². The Kier molecular flexibility index (Phi) is 3.48. The average Bonchev–Trinajstić information content (AvgIpc) is 2.67. The number of thioether (sulfide) groups is 1. The molecule has 1 N–H and O–H groups in total. The van der Waals surface area contributed by atoms with Gasteiger partial charge in [-0.05, 0) is 18.6 Å². The molecular formula is C10H15NO2S. The van der Waals surface area contributed by atoms with Crippen molar-refractivity contribution in [3.63, 3.8) is 0 Å². The maximum Gasteiger partial charge on any atom is 0.143 e. The molecule has 1 aliphatic rings. The average molecular weight is 213 g/mol. The first-order chi connectivity index (χ1) is 6.90. The first kappa shape index (κ1) is 10.1. The lowest BCUT2D eigenvalue weighted by atomic mass is 10.1. The summed E-state index contributed by atoms with van der Waals surface area (Å²) in [5.74, 6) is 2.12. The zero-order chi connectivity index (χ0) is 9.80. The van der Waals surface area contributed by atoms with Crippen molar-refractivity contribution >= 4 is 11.8 Å². The molecule has 0 aromatic carbocycles. The quantitative estimate of drug-likeness (QED) is 0.834. The van der Waals surface area contributed by atoms with E-state index in [9.17, 15) is 0 Å². The van der Waals surface area contributed by atoms with Crippen LogP contribution in [0.25, 0.3) is 0 Å². The van der Waals surface area contributed by atoms with Gasteiger partial charge in [0.1, 0.15) is 5.76 Å². The summed E-state index contributed by atoms with van der Waals surface area (Å²) in [6, 6.07) is 0. The van der Waals surface area contributed by atoms with Crippen molar-refractivity contribution in [1.29, 1.82) is 0 Å². The van der Waals surface area contributed by atoms with Crippen LogP contribution in [-0.2, 0) is 13.0 Å². The van der Waals surface area contributed by atoms with Crippen LogP contribution in [0.2, 0.25) is 0 Å². The monoisotopic (exact) mass is 213 g/mol. The second-order valence-corrected chi connectivity index (χ2v) is 5.03. The minimum absolute atomic E-state index is 0.0379. The summed E-state index contributed by atoms with van der Waals surface area (Å²) >= 11 is 2.01. The second kappa shape index (κ2) is 4.84. The molecule has 2 rings (SSSR count). The van der Waals surface area contributed by atoms with Gasteiger partial charge in [-0.3, -0.25) is 0 Å². The zero-order valence-electron chi connectivity index (χ0n) is 8.11. The van der Waals surface area contributed by atoms with Crippen LogP contribution in [0, 0.1) is 0 Å². The van der Waals surface area contributed by atoms with E-state index >= 15 is 0 Å². The molecule has 0 aliphatic carbocycles. The fourth-order valence-corrected chi connectivity index (χ4v) is 3.06. The van der Waals surface area contributed by atoms with Crippen LogP contribution in [0.5, 0.6) is 0 Å². The molecule has 78 valence electrons. The molecule has 1 saturated heterocycles. The highest BCUT2D eigenvalue weighted by Gasteiger charge is 2.18. The SMILES string of the molecule is OCc1cnoc1CC1CCCCS1. The van der Waals surface area contributed by atoms with Crippen LogP contribution >= 0.6 is 11.8 Å². The molecule has 3 nitrogen and oxygen atoms in total. The molecule has 0 radical (unpaired) electrons. The van der Waals surface area contributed by atoms with Gasteiger partial charge in [0.2, 0.25) is 0 Å². The number of rotatable bonds is 3. The Hall–Kier alpha value is -0.480. The predicted molar refractivity (Wildman–Crippen MR) is 56.2 cm³/mol. The van der Waals surface area contributed by atoms with Gasteiger partial charge in [0.15, 0.2) is 0 Å². The maximum absolute atomic E-state index is 9.03. The van der Waals surface area contributed by atoms with Crippen molar-refractivity contribution in [3.05, 3.63) is 17.5 Å². The van der Waals surface area contributed by atoms with Crippen LogP contribution in [0.3, 0.4) is 0 Å². The van der Waals surface area contributed by atoms with Crippen LogP contribution in [-0.4, -0.2) is 21.3 Å². The van der Waals surface area contributed by atoms with Crippen LogP contribution in [0.15, 0.2) is 10.7 Å². The van der Waals surface area contributed by atoms with E-state index < -0.39 is 0 Å². The van der Waals surface area contributed by atoms with Gasteiger partial charge in [-0.1, -0.05) is 11.6 Å². The number of nitrogens with zero attached hydrogens (tertiary/aromatic N) is 1. The molecule has 0 amide bonds. The van der Waals surface area contributed by atoms with Gasteiger partial charge in [0, 0.05) is 17.2 Å². The van der Waals surface area contributed by atoms with Gasteiger partial charge in [-0.25, -0.2) is 0 Å². The highest BCUT2D eigenvalue weighted by molar-refractivity contribution is 7.99. The van der Waals surface area contributed by atoms with Crippen molar-refractivity contribution in [2.45, 2.75) is 37.5 Å². The molecule has 1 aliphatic heterocycles. The van der Waals surface area contributed by atoms with Crippen LogP contribution < -0.4 is 0 Å². The summed E-state index contributed by atoms with van der Waals surface area (Å²) in [5.41, 5.74) is 0.844. The number of aliphatic hydroxyl groups is 1. The van der Waals surface area contributed by atoms with Crippen molar-refractivity contribution in [1.82, 2.24) is 5.16 Å². The molecule has 1 fully saturated rings. The van der Waals surface area contributed by atoms with Crippen molar-refractivity contribution in [2.24, 2.45) is 0 Å². The Morgan fingerprint density at radius 1 is 1.57 bits per heavy atom. The van der Waals surface area contributed by atoms with Gasteiger partial charge >= 0.3 is 0 Å². The first-order valence-corrected chi connectivity index (χ1v) is 6.10. The summed E-state index contributed by atoms with van der Waals surface area (Å²) in [6.07, 6.45) is 6.45. The molecule has 4 heteroatoms. The van der Waals surface area contributed by atoms with E-state index in [1.54, 1.807) is 6.20 Å². The van der Waals surface area contributed by atoms with E-state index in [1.165, 1.54) is 25.0 Å². The standard InChI is InChI=1S/C10H15NO2S/c12-7-8-6-11-13-10(8)5-9-3-1-2-4-14-9/h6,9,12H,1-5,7H2. The highest BCUT2D eigenvalue weighted by atomic mass is 32.2. The number of hydrogen-bond acceptors (Lipinski definition) is 4. The van der Waals surface area contributed by atoms with Gasteiger partial charge < -0.3 is 9.63 Å². The van der Waals surface area contributed by atoms with Crippen LogP contribution in [0.4, 0.5) is 0 Å². The molecule has 1 atom stereocenters. The smallest absolute Gasteiger partial charge is 0.143 e. The molecule has 0 saturated carbocycles. The fraction of sp³-hybridized carbons (Fsp3) is 0.700. The van der Waals surface area contributed by atoms with Gasteiger partial charge in [-0.15, -0.1) is 0 Å². The Morgan fingerprint density at radius 3 is 3.21 bits per heavy atom. The second-order valence-electron chi connectivity index (χ2n) is 3.63. The highest BCUT2D eigenvalue weighted by Crippen LogP contribution is 2.28. The van der Waals surface area contributed by atoms with Gasteiger partial charge in [0.25, 0.3) is 0 Å². The van der Waals surface area contributed by atoms with Gasteiger partial charge in [-0.2, -0.15) is 11.8 Å². The molecule has 14 heavy (non-hydrogen) atoms. The summed E-state index contributed by atoms with van der Waals surface area (Å²) in [5, 5.41) is 13.4. The Labute approximate surface area is 87.9 Å². The third-order valence-electron chi connectivity index (χ3n) is 2.59. The fourth-order valence-electron chi connectivity index (χ4n) is 1.76. The third-order valence-corrected chi connectivity index (χ3v) is 3.99. The van der Waals surface area contributed by atoms with Crippen LogP contribution in [0.1, 0.15) is 30.6 Å². The number of aliphatic hydroxyl groups excluding tert-OH is 1. The Balaban J connectivity index is 1.95. The summed E-state index contributed by atoms with van der Waals surface area (Å²) in [7, 11) is 0. The largest absolute Gasteiger partial charge is 0.391 e. The van der Waals surface area contributed by atoms with E-state index in [-0.39, 0.29) is 6.61 Å². The minimum atomic E-state index is 0.0379. The summed E-state index contributed by atoms with van der Waals surface area (Å²) in [4.78, 5) is 0. The lowest BCUT2D eigenvalue weighted by molar-refractivity contribution is 0.276.